The van der Waals surface area contributed by atoms with Gasteiger partial charge in [0.1, 0.15) is 0 Å². The van der Waals surface area contributed by atoms with Crippen LogP contribution in [0.2, 0.25) is 0 Å². The minimum absolute atomic E-state index is 0.0281. The molecule has 1 aromatic carbocycles. The normalized spacial score (nSPS) is 13.6. The van der Waals surface area contributed by atoms with Crippen LogP contribution in [0.5, 0.6) is 0 Å². The molecule has 1 amide bonds. The monoisotopic (exact) mass is 361 g/mol. The van der Waals surface area contributed by atoms with E-state index in [9.17, 15) is 14.7 Å². The molecular formula is C13H16BrNO4S. The summed E-state index contributed by atoms with van der Waals surface area (Å²) in [6.07, 6.45) is 1.86. The van der Waals surface area contributed by atoms with Gasteiger partial charge in [-0.15, -0.1) is 0 Å². The van der Waals surface area contributed by atoms with Crippen molar-refractivity contribution in [2.75, 3.05) is 18.6 Å². The number of hydrogen-bond donors (Lipinski definition) is 3. The molecule has 1 rings (SSSR count). The van der Waals surface area contributed by atoms with Crippen molar-refractivity contribution in [2.45, 2.75) is 12.5 Å². The molecule has 0 saturated carbocycles. The van der Waals surface area contributed by atoms with E-state index >= 15 is 0 Å². The van der Waals surface area contributed by atoms with Gasteiger partial charge in [-0.2, -0.15) is 11.8 Å². The molecule has 0 aliphatic heterocycles. The van der Waals surface area contributed by atoms with Crippen molar-refractivity contribution in [3.8, 4) is 0 Å². The van der Waals surface area contributed by atoms with Crippen molar-refractivity contribution in [3.63, 3.8) is 0 Å². The van der Waals surface area contributed by atoms with E-state index in [0.29, 0.717) is 10.2 Å². The summed E-state index contributed by atoms with van der Waals surface area (Å²) < 4.78 is 0.512. The molecule has 0 fully saturated rings. The van der Waals surface area contributed by atoms with E-state index in [1.54, 1.807) is 6.92 Å². The SMILES string of the molecule is CSCC(C)(O)CNC(=O)c1cc(Br)cc(C(=O)O)c1. The van der Waals surface area contributed by atoms with Crippen LogP contribution < -0.4 is 5.32 Å². The highest BCUT2D eigenvalue weighted by Gasteiger charge is 2.21. The molecule has 3 N–H and O–H groups in total. The zero-order valence-corrected chi connectivity index (χ0v) is 13.5. The Balaban J connectivity index is 2.80. The van der Waals surface area contributed by atoms with Crippen LogP contribution in [0.4, 0.5) is 0 Å². The second kappa shape index (κ2) is 7.10. The number of rotatable bonds is 6. The van der Waals surface area contributed by atoms with Gasteiger partial charge in [0.2, 0.25) is 0 Å². The molecule has 7 heteroatoms. The number of carbonyl (C=O) groups excluding carboxylic acids is 1. The zero-order chi connectivity index (χ0) is 15.3. The molecule has 110 valence electrons. The zero-order valence-electron chi connectivity index (χ0n) is 11.1. The summed E-state index contributed by atoms with van der Waals surface area (Å²) >= 11 is 4.65. The number of nitrogens with one attached hydrogen (secondary N) is 1. The fraction of sp³-hybridized carbons (Fsp3) is 0.385. The Morgan fingerprint density at radius 2 is 1.95 bits per heavy atom. The van der Waals surface area contributed by atoms with Crippen LogP contribution >= 0.6 is 27.7 Å². The van der Waals surface area contributed by atoms with Crippen molar-refractivity contribution in [1.29, 1.82) is 0 Å². The first-order valence-corrected chi connectivity index (χ1v) is 7.97. The van der Waals surface area contributed by atoms with Gasteiger partial charge in [-0.1, -0.05) is 15.9 Å². The first-order valence-electron chi connectivity index (χ1n) is 5.78. The number of carboxylic acids is 1. The number of halogens is 1. The van der Waals surface area contributed by atoms with Crippen LogP contribution in [0.15, 0.2) is 22.7 Å². The van der Waals surface area contributed by atoms with Gasteiger partial charge in [0.25, 0.3) is 5.91 Å². The van der Waals surface area contributed by atoms with Gasteiger partial charge >= 0.3 is 5.97 Å². The molecule has 0 spiro atoms. The Kier molecular flexibility index (Phi) is 6.04. The third kappa shape index (κ3) is 5.15. The standard InChI is InChI=1S/C13H16BrNO4S/c1-13(19,7-20-2)6-15-11(16)8-3-9(12(17)18)5-10(14)4-8/h3-5,19H,6-7H2,1-2H3,(H,15,16)(H,17,18). The number of thioether (sulfide) groups is 1. The lowest BCUT2D eigenvalue weighted by Gasteiger charge is -2.22. The maximum absolute atomic E-state index is 12.0. The average molecular weight is 362 g/mol. The Morgan fingerprint density at radius 3 is 2.50 bits per heavy atom. The summed E-state index contributed by atoms with van der Waals surface area (Å²) in [6.45, 7) is 1.73. The molecule has 0 radical (unpaired) electrons. The van der Waals surface area contributed by atoms with E-state index in [1.807, 2.05) is 6.26 Å². The summed E-state index contributed by atoms with van der Waals surface area (Å²) in [7, 11) is 0. The van der Waals surface area contributed by atoms with Crippen LogP contribution in [0, 0.1) is 0 Å². The van der Waals surface area contributed by atoms with Crippen LogP contribution in [-0.4, -0.2) is 46.2 Å². The Bertz CT molecular complexity index is 519. The first-order chi connectivity index (χ1) is 9.25. The molecule has 20 heavy (non-hydrogen) atoms. The van der Waals surface area contributed by atoms with Crippen molar-refractivity contribution in [1.82, 2.24) is 5.32 Å². The molecule has 1 unspecified atom stereocenters. The fourth-order valence-corrected chi connectivity index (χ4v) is 2.80. The van der Waals surface area contributed by atoms with Crippen molar-refractivity contribution < 1.29 is 19.8 Å². The van der Waals surface area contributed by atoms with Crippen LogP contribution in [0.25, 0.3) is 0 Å². The average Bonchev–Trinajstić information content (AvgIpc) is 2.35. The number of carboxylic acid groups (broad SMARTS) is 1. The predicted octanol–water partition coefficient (Wildman–Crippen LogP) is 1.99. The maximum Gasteiger partial charge on any atom is 0.335 e. The molecule has 1 atom stereocenters. The third-order valence-electron chi connectivity index (χ3n) is 2.49. The van der Waals surface area contributed by atoms with Gasteiger partial charge in [0, 0.05) is 22.3 Å². The van der Waals surface area contributed by atoms with Gasteiger partial charge < -0.3 is 15.5 Å². The topological polar surface area (TPSA) is 86.6 Å². The fourth-order valence-electron chi connectivity index (χ4n) is 1.58. The number of aliphatic hydroxyl groups is 1. The first kappa shape index (κ1) is 17.0. The highest BCUT2D eigenvalue weighted by Crippen LogP contribution is 2.16. The quantitative estimate of drug-likeness (QED) is 0.721. The van der Waals surface area contributed by atoms with Crippen LogP contribution in [0.1, 0.15) is 27.6 Å². The molecular weight excluding hydrogens is 346 g/mol. The van der Waals surface area contributed by atoms with Gasteiger partial charge in [-0.25, -0.2) is 4.79 Å². The van der Waals surface area contributed by atoms with E-state index in [2.05, 4.69) is 21.2 Å². The highest BCUT2D eigenvalue weighted by atomic mass is 79.9. The number of amides is 1. The summed E-state index contributed by atoms with van der Waals surface area (Å²) in [5.74, 6) is -1.03. The van der Waals surface area contributed by atoms with E-state index in [4.69, 9.17) is 5.11 Å². The minimum atomic E-state index is -1.10. The maximum atomic E-state index is 12.0. The van der Waals surface area contributed by atoms with E-state index < -0.39 is 17.5 Å². The van der Waals surface area contributed by atoms with Crippen molar-refractivity contribution in [2.24, 2.45) is 0 Å². The molecule has 0 saturated heterocycles. The number of benzene rings is 1. The van der Waals surface area contributed by atoms with Gasteiger partial charge in [0.15, 0.2) is 0 Å². The van der Waals surface area contributed by atoms with E-state index in [1.165, 1.54) is 30.0 Å². The molecule has 1 aromatic rings. The number of carbonyl (C=O) groups is 2. The summed E-state index contributed by atoms with van der Waals surface area (Å²) in [5, 5.41) is 21.5. The summed E-state index contributed by atoms with van der Waals surface area (Å²) in [5.41, 5.74) is -0.742. The number of aromatic carboxylic acids is 1. The Labute approximate surface area is 129 Å². The molecule has 0 aliphatic carbocycles. The minimum Gasteiger partial charge on any atom is -0.478 e. The van der Waals surface area contributed by atoms with Gasteiger partial charge in [-0.3, -0.25) is 4.79 Å². The predicted molar refractivity (Wildman–Crippen MR) is 82.4 cm³/mol. The molecule has 5 nitrogen and oxygen atoms in total. The van der Waals surface area contributed by atoms with E-state index in [0.717, 1.165) is 0 Å². The lowest BCUT2D eigenvalue weighted by atomic mass is 10.1. The van der Waals surface area contributed by atoms with Crippen molar-refractivity contribution in [3.05, 3.63) is 33.8 Å². The van der Waals surface area contributed by atoms with Crippen LogP contribution in [0.3, 0.4) is 0 Å². The lowest BCUT2D eigenvalue weighted by Crippen LogP contribution is -2.42. The largest absolute Gasteiger partial charge is 0.478 e. The third-order valence-corrected chi connectivity index (χ3v) is 3.86. The summed E-state index contributed by atoms with van der Waals surface area (Å²) in [6, 6.07) is 4.25. The van der Waals surface area contributed by atoms with E-state index in [-0.39, 0.29) is 17.7 Å². The molecule has 0 bridgehead atoms. The molecule has 0 aliphatic rings. The van der Waals surface area contributed by atoms with Crippen LogP contribution in [-0.2, 0) is 0 Å². The van der Waals surface area contributed by atoms with Crippen molar-refractivity contribution >= 4 is 39.6 Å². The second-order valence-corrected chi connectivity index (χ2v) is 6.43. The van der Waals surface area contributed by atoms with Gasteiger partial charge in [-0.05, 0) is 31.4 Å². The molecule has 0 aromatic heterocycles. The Morgan fingerprint density at radius 1 is 1.35 bits per heavy atom. The lowest BCUT2D eigenvalue weighted by molar-refractivity contribution is 0.0695. The smallest absolute Gasteiger partial charge is 0.335 e. The summed E-state index contributed by atoms with van der Waals surface area (Å²) in [4.78, 5) is 22.9. The molecule has 0 heterocycles. The highest BCUT2D eigenvalue weighted by molar-refractivity contribution is 9.10. The Hall–Kier alpha value is -1.05. The second-order valence-electron chi connectivity index (χ2n) is 4.65. The van der Waals surface area contributed by atoms with Gasteiger partial charge in [0.05, 0.1) is 11.2 Å². The number of hydrogen-bond acceptors (Lipinski definition) is 4.